The van der Waals surface area contributed by atoms with Gasteiger partial charge in [0.05, 0.1) is 13.1 Å². The Hall–Kier alpha value is -2.34. The van der Waals surface area contributed by atoms with Gasteiger partial charge in [0.1, 0.15) is 12.1 Å². The Morgan fingerprint density at radius 3 is 2.12 bits per heavy atom. The molecule has 11 nitrogen and oxygen atoms in total. The van der Waals surface area contributed by atoms with E-state index >= 15 is 0 Å². The molecule has 24 heavy (non-hydrogen) atoms. The Morgan fingerprint density at radius 2 is 1.67 bits per heavy atom. The number of carbonyl (C=O) groups is 5. The number of hydrogen-bond donors (Lipinski definition) is 7. The van der Waals surface area contributed by atoms with Gasteiger partial charge in [-0.2, -0.15) is 12.6 Å². The Bertz CT molecular complexity index is 500. The second-order valence-corrected chi connectivity index (χ2v) is 5.05. The van der Waals surface area contributed by atoms with Crippen LogP contribution in [0.5, 0.6) is 0 Å². The predicted octanol–water partition coefficient (Wildman–Crippen LogP) is -3.69. The van der Waals surface area contributed by atoms with Crippen LogP contribution in [0.3, 0.4) is 0 Å². The van der Waals surface area contributed by atoms with E-state index in [9.17, 15) is 24.0 Å². The lowest BCUT2D eigenvalue weighted by atomic mass is 10.1. The summed E-state index contributed by atoms with van der Waals surface area (Å²) < 4.78 is 0. The van der Waals surface area contributed by atoms with Gasteiger partial charge in [-0.1, -0.05) is 0 Å². The van der Waals surface area contributed by atoms with Crippen LogP contribution in [0, 0.1) is 0 Å². The van der Waals surface area contributed by atoms with Gasteiger partial charge in [-0.25, -0.2) is 4.79 Å². The van der Waals surface area contributed by atoms with Crippen LogP contribution in [0.15, 0.2) is 0 Å². The van der Waals surface area contributed by atoms with Crippen molar-refractivity contribution >= 4 is 42.2 Å². The third-order valence-corrected chi connectivity index (χ3v) is 3.12. The average molecular weight is 363 g/mol. The Balaban J connectivity index is 4.79. The molecule has 0 fully saturated rings. The van der Waals surface area contributed by atoms with Gasteiger partial charge < -0.3 is 32.5 Å². The van der Waals surface area contributed by atoms with Crippen molar-refractivity contribution in [1.82, 2.24) is 16.0 Å². The van der Waals surface area contributed by atoms with Crippen molar-refractivity contribution in [2.24, 2.45) is 11.5 Å². The summed E-state index contributed by atoms with van der Waals surface area (Å²) in [6.45, 7) is -0.730. The highest BCUT2D eigenvalue weighted by Crippen LogP contribution is 1.99. The minimum Gasteiger partial charge on any atom is -0.480 e. The monoisotopic (exact) mass is 363 g/mol. The van der Waals surface area contributed by atoms with Crippen LogP contribution >= 0.6 is 12.6 Å². The van der Waals surface area contributed by atoms with Gasteiger partial charge in [0, 0.05) is 12.2 Å². The predicted molar refractivity (Wildman–Crippen MR) is 85.8 cm³/mol. The molecule has 0 saturated carbocycles. The molecular weight excluding hydrogens is 342 g/mol. The highest BCUT2D eigenvalue weighted by molar-refractivity contribution is 7.80. The van der Waals surface area contributed by atoms with Crippen LogP contribution in [-0.2, 0) is 24.0 Å². The maximum absolute atomic E-state index is 12.1. The van der Waals surface area contributed by atoms with Gasteiger partial charge in [-0.05, 0) is 6.42 Å². The Kier molecular flexibility index (Phi) is 10.1. The molecule has 8 N–H and O–H groups in total. The summed E-state index contributed by atoms with van der Waals surface area (Å²) in [7, 11) is 0. The normalized spacial score (nSPS) is 12.6. The molecule has 0 aromatic carbocycles. The molecule has 0 bridgehead atoms. The largest absolute Gasteiger partial charge is 0.480 e. The summed E-state index contributed by atoms with van der Waals surface area (Å²) in [4.78, 5) is 56.5. The van der Waals surface area contributed by atoms with Gasteiger partial charge in [-0.3, -0.25) is 19.2 Å². The van der Waals surface area contributed by atoms with Crippen LogP contribution in [-0.4, -0.2) is 65.6 Å². The van der Waals surface area contributed by atoms with E-state index in [1.165, 1.54) is 0 Å². The second-order valence-electron chi connectivity index (χ2n) is 4.69. The van der Waals surface area contributed by atoms with E-state index in [0.717, 1.165) is 0 Å². The van der Waals surface area contributed by atoms with E-state index in [-0.39, 0.29) is 25.1 Å². The number of carboxylic acid groups (broad SMARTS) is 1. The molecule has 0 heterocycles. The lowest BCUT2D eigenvalue weighted by Crippen LogP contribution is -2.53. The molecule has 0 aliphatic carbocycles. The zero-order valence-corrected chi connectivity index (χ0v) is 13.7. The Morgan fingerprint density at radius 1 is 1.04 bits per heavy atom. The third-order valence-electron chi connectivity index (χ3n) is 2.76. The van der Waals surface area contributed by atoms with Crippen LogP contribution in [0.25, 0.3) is 0 Å². The summed E-state index contributed by atoms with van der Waals surface area (Å²) >= 11 is 3.80. The summed E-state index contributed by atoms with van der Waals surface area (Å²) in [5.74, 6) is -4.24. The number of carbonyl (C=O) groups excluding carboxylic acids is 4. The van der Waals surface area contributed by atoms with Crippen molar-refractivity contribution in [2.75, 3.05) is 18.8 Å². The number of hydrogen-bond acceptors (Lipinski definition) is 7. The van der Waals surface area contributed by atoms with Gasteiger partial charge in [-0.15, -0.1) is 0 Å². The van der Waals surface area contributed by atoms with Crippen molar-refractivity contribution in [2.45, 2.75) is 24.9 Å². The lowest BCUT2D eigenvalue weighted by molar-refractivity contribution is -0.141. The number of thiol groups is 1. The van der Waals surface area contributed by atoms with Gasteiger partial charge in [0.15, 0.2) is 0 Å². The van der Waals surface area contributed by atoms with E-state index in [4.69, 9.17) is 16.6 Å². The summed E-state index contributed by atoms with van der Waals surface area (Å²) in [6, 6.07) is -2.45. The minimum absolute atomic E-state index is 0.128. The fourth-order valence-electron chi connectivity index (χ4n) is 1.51. The molecule has 0 aliphatic heterocycles. The smallest absolute Gasteiger partial charge is 0.327 e. The zero-order chi connectivity index (χ0) is 18.7. The molecule has 0 aliphatic rings. The Labute approximate surface area is 143 Å². The maximum Gasteiger partial charge on any atom is 0.327 e. The summed E-state index contributed by atoms with van der Waals surface area (Å²) in [5, 5.41) is 15.6. The van der Waals surface area contributed by atoms with Gasteiger partial charge in [0.25, 0.3) is 0 Å². The van der Waals surface area contributed by atoms with E-state index in [1.807, 2.05) is 0 Å². The van der Waals surface area contributed by atoms with Crippen molar-refractivity contribution in [1.29, 1.82) is 0 Å². The molecule has 0 saturated heterocycles. The minimum atomic E-state index is -1.30. The van der Waals surface area contributed by atoms with Crippen molar-refractivity contribution in [3.05, 3.63) is 0 Å². The molecule has 0 aromatic rings. The topological polar surface area (TPSA) is 194 Å². The third kappa shape index (κ3) is 8.95. The molecule has 0 spiro atoms. The van der Waals surface area contributed by atoms with E-state index in [1.54, 1.807) is 0 Å². The van der Waals surface area contributed by atoms with E-state index < -0.39 is 48.2 Å². The first-order chi connectivity index (χ1) is 11.2. The first kappa shape index (κ1) is 21.7. The van der Waals surface area contributed by atoms with Crippen molar-refractivity contribution in [3.63, 3.8) is 0 Å². The first-order valence-electron chi connectivity index (χ1n) is 6.89. The van der Waals surface area contributed by atoms with Crippen LogP contribution in [0.1, 0.15) is 12.8 Å². The van der Waals surface area contributed by atoms with Crippen molar-refractivity contribution < 1.29 is 29.1 Å². The molecule has 12 heteroatoms. The summed E-state index contributed by atoms with van der Waals surface area (Å²) in [5.41, 5.74) is 10.1. The SMILES string of the molecule is NCC(=O)NCC(=O)NC(CCC(N)=O)C(=O)NC(CS)C(=O)O. The summed E-state index contributed by atoms with van der Waals surface area (Å²) in [6.07, 6.45) is -0.331. The molecule has 2 unspecified atom stereocenters. The standard InChI is InChI=1S/C12H21N5O6S/c13-3-9(19)15-4-10(20)16-6(1-2-8(14)18)11(21)17-7(5-24)12(22)23/h6-7,24H,1-5,13H2,(H2,14,18)(H,15,19)(H,16,20)(H,17,21)(H,22,23). The fraction of sp³-hybridized carbons (Fsp3) is 0.583. The quantitative estimate of drug-likeness (QED) is 0.183. The van der Waals surface area contributed by atoms with Crippen LogP contribution < -0.4 is 27.4 Å². The van der Waals surface area contributed by atoms with Gasteiger partial charge in [0.2, 0.25) is 23.6 Å². The van der Waals surface area contributed by atoms with E-state index in [2.05, 4.69) is 28.6 Å². The first-order valence-corrected chi connectivity index (χ1v) is 7.53. The number of nitrogens with one attached hydrogen (secondary N) is 3. The number of primary amides is 1. The average Bonchev–Trinajstić information content (AvgIpc) is 2.53. The zero-order valence-electron chi connectivity index (χ0n) is 12.8. The van der Waals surface area contributed by atoms with E-state index in [0.29, 0.717) is 0 Å². The number of amides is 4. The molecular formula is C12H21N5O6S. The van der Waals surface area contributed by atoms with Crippen molar-refractivity contribution in [3.8, 4) is 0 Å². The molecule has 0 aromatic heterocycles. The number of nitrogens with two attached hydrogens (primary N) is 2. The molecule has 4 amide bonds. The highest BCUT2D eigenvalue weighted by atomic mass is 32.1. The maximum atomic E-state index is 12.1. The highest BCUT2D eigenvalue weighted by Gasteiger charge is 2.26. The molecule has 2 atom stereocenters. The number of aliphatic carboxylic acids is 1. The van der Waals surface area contributed by atoms with Crippen LogP contribution in [0.4, 0.5) is 0 Å². The van der Waals surface area contributed by atoms with Crippen LogP contribution in [0.2, 0.25) is 0 Å². The van der Waals surface area contributed by atoms with Gasteiger partial charge >= 0.3 is 5.97 Å². The molecule has 136 valence electrons. The number of rotatable bonds is 11. The lowest BCUT2D eigenvalue weighted by Gasteiger charge is -2.20. The molecule has 0 radical (unpaired) electrons. The molecule has 0 rings (SSSR count). The second kappa shape index (κ2) is 11.2. The number of carboxylic acids is 1. The fourth-order valence-corrected chi connectivity index (χ4v) is 1.76.